The van der Waals surface area contributed by atoms with Crippen molar-refractivity contribution in [3.05, 3.63) is 0 Å². The summed E-state index contributed by atoms with van der Waals surface area (Å²) in [6, 6.07) is -0.559. The van der Waals surface area contributed by atoms with E-state index in [4.69, 9.17) is 5.11 Å². The lowest BCUT2D eigenvalue weighted by molar-refractivity contribution is -0.137. The summed E-state index contributed by atoms with van der Waals surface area (Å²) in [5.74, 6) is 0.308. The molecule has 0 saturated carbocycles. The Morgan fingerprint density at radius 1 is 1.21 bits per heavy atom. The maximum absolute atomic E-state index is 11.5. The largest absolute Gasteiger partial charge is 0.481 e. The predicted molar refractivity (Wildman–Crippen MR) is 79.7 cm³/mol. The van der Waals surface area contributed by atoms with Crippen molar-refractivity contribution in [3.8, 4) is 0 Å². The molecule has 112 valence electrons. The second-order valence-electron chi connectivity index (χ2n) is 4.51. The van der Waals surface area contributed by atoms with Crippen molar-refractivity contribution in [3.63, 3.8) is 0 Å². The van der Waals surface area contributed by atoms with Crippen molar-refractivity contribution in [2.24, 2.45) is 0 Å². The summed E-state index contributed by atoms with van der Waals surface area (Å²) in [6.07, 6.45) is 7.20. The first-order chi connectivity index (χ1) is 9.10. The SMILES string of the molecule is CCC(CC(=O)O)NC(=O)NCCCCCCSC. The molecule has 3 N–H and O–H groups in total. The van der Waals surface area contributed by atoms with Crippen LogP contribution < -0.4 is 10.6 Å². The molecule has 0 aliphatic heterocycles. The number of thioether (sulfide) groups is 1. The minimum absolute atomic E-state index is 0.0292. The summed E-state index contributed by atoms with van der Waals surface area (Å²) in [7, 11) is 0. The van der Waals surface area contributed by atoms with Crippen molar-refractivity contribution in [1.29, 1.82) is 0 Å². The van der Waals surface area contributed by atoms with Gasteiger partial charge in [0.25, 0.3) is 0 Å². The van der Waals surface area contributed by atoms with Gasteiger partial charge >= 0.3 is 12.0 Å². The van der Waals surface area contributed by atoms with E-state index in [1.165, 1.54) is 18.6 Å². The number of carbonyl (C=O) groups excluding carboxylic acids is 1. The fraction of sp³-hybridized carbons (Fsp3) is 0.846. The van der Waals surface area contributed by atoms with Gasteiger partial charge in [0.1, 0.15) is 0 Å². The van der Waals surface area contributed by atoms with E-state index in [0.717, 1.165) is 12.8 Å². The molecule has 0 bridgehead atoms. The van der Waals surface area contributed by atoms with Crippen LogP contribution in [-0.2, 0) is 4.79 Å². The zero-order valence-corrected chi connectivity index (χ0v) is 12.7. The summed E-state index contributed by atoms with van der Waals surface area (Å²) in [4.78, 5) is 22.1. The van der Waals surface area contributed by atoms with Crippen molar-refractivity contribution in [2.75, 3.05) is 18.6 Å². The highest BCUT2D eigenvalue weighted by Gasteiger charge is 2.13. The Morgan fingerprint density at radius 2 is 1.89 bits per heavy atom. The van der Waals surface area contributed by atoms with Crippen LogP contribution in [0, 0.1) is 0 Å². The number of hydrogen-bond donors (Lipinski definition) is 3. The van der Waals surface area contributed by atoms with E-state index in [1.807, 2.05) is 18.7 Å². The summed E-state index contributed by atoms with van der Waals surface area (Å²) >= 11 is 1.86. The predicted octanol–water partition coefficient (Wildman–Crippen LogP) is 2.46. The molecule has 0 fully saturated rings. The minimum atomic E-state index is -0.888. The van der Waals surface area contributed by atoms with Crippen LogP contribution in [0.25, 0.3) is 0 Å². The zero-order chi connectivity index (χ0) is 14.5. The average Bonchev–Trinajstić information content (AvgIpc) is 2.36. The molecule has 0 aliphatic rings. The summed E-state index contributed by atoms with van der Waals surface area (Å²) in [6.45, 7) is 2.51. The molecule has 1 unspecified atom stereocenters. The Labute approximate surface area is 119 Å². The van der Waals surface area contributed by atoms with E-state index in [0.29, 0.717) is 13.0 Å². The van der Waals surface area contributed by atoms with E-state index in [-0.39, 0.29) is 18.5 Å². The van der Waals surface area contributed by atoms with Crippen LogP contribution in [0.2, 0.25) is 0 Å². The van der Waals surface area contributed by atoms with Crippen molar-refractivity contribution in [1.82, 2.24) is 10.6 Å². The van der Waals surface area contributed by atoms with Gasteiger partial charge in [0.05, 0.1) is 6.42 Å². The van der Waals surface area contributed by atoms with Crippen LogP contribution in [0.15, 0.2) is 0 Å². The molecule has 1 atom stereocenters. The molecule has 0 aliphatic carbocycles. The van der Waals surface area contributed by atoms with Gasteiger partial charge in [0, 0.05) is 12.6 Å². The average molecular weight is 290 g/mol. The zero-order valence-electron chi connectivity index (χ0n) is 11.9. The van der Waals surface area contributed by atoms with Gasteiger partial charge < -0.3 is 15.7 Å². The minimum Gasteiger partial charge on any atom is -0.481 e. The molecule has 2 amide bonds. The molecular weight excluding hydrogens is 264 g/mol. The number of amides is 2. The van der Waals surface area contributed by atoms with E-state index in [2.05, 4.69) is 16.9 Å². The highest BCUT2D eigenvalue weighted by Crippen LogP contribution is 2.04. The third-order valence-corrected chi connectivity index (χ3v) is 3.51. The molecule has 0 saturated heterocycles. The molecular formula is C13H26N2O3S. The standard InChI is InChI=1S/C13H26N2O3S/c1-3-11(10-12(16)17)15-13(18)14-8-6-4-5-7-9-19-2/h11H,3-10H2,1-2H3,(H,16,17)(H2,14,15,18). The van der Waals surface area contributed by atoms with Gasteiger partial charge in [-0.1, -0.05) is 19.8 Å². The lowest BCUT2D eigenvalue weighted by Crippen LogP contribution is -2.43. The van der Waals surface area contributed by atoms with Crippen LogP contribution >= 0.6 is 11.8 Å². The van der Waals surface area contributed by atoms with Gasteiger partial charge in [0.2, 0.25) is 0 Å². The number of carboxylic acid groups (broad SMARTS) is 1. The molecule has 0 aromatic heterocycles. The monoisotopic (exact) mass is 290 g/mol. The van der Waals surface area contributed by atoms with Gasteiger partial charge in [-0.25, -0.2) is 4.79 Å². The van der Waals surface area contributed by atoms with E-state index in [9.17, 15) is 9.59 Å². The molecule has 0 aromatic rings. The number of rotatable bonds is 11. The van der Waals surface area contributed by atoms with E-state index < -0.39 is 5.97 Å². The molecule has 19 heavy (non-hydrogen) atoms. The van der Waals surface area contributed by atoms with Crippen molar-refractivity contribution < 1.29 is 14.7 Å². The van der Waals surface area contributed by atoms with Gasteiger partial charge in [-0.15, -0.1) is 0 Å². The third kappa shape index (κ3) is 11.9. The molecule has 0 radical (unpaired) electrons. The molecule has 0 spiro atoms. The molecule has 6 heteroatoms. The van der Waals surface area contributed by atoms with E-state index >= 15 is 0 Å². The van der Waals surface area contributed by atoms with Crippen molar-refractivity contribution in [2.45, 2.75) is 51.5 Å². The van der Waals surface area contributed by atoms with Gasteiger partial charge in [-0.3, -0.25) is 4.79 Å². The van der Waals surface area contributed by atoms with E-state index in [1.54, 1.807) is 0 Å². The lowest BCUT2D eigenvalue weighted by Gasteiger charge is -2.15. The first-order valence-corrected chi connectivity index (χ1v) is 8.24. The number of carbonyl (C=O) groups is 2. The van der Waals surface area contributed by atoms with Crippen LogP contribution in [0.1, 0.15) is 45.4 Å². The van der Waals surface area contributed by atoms with Crippen LogP contribution in [0.4, 0.5) is 4.79 Å². The Bertz CT molecular complexity index is 262. The number of unbranched alkanes of at least 4 members (excludes halogenated alkanes) is 3. The Balaban J connectivity index is 3.54. The first kappa shape index (κ1) is 18.1. The highest BCUT2D eigenvalue weighted by atomic mass is 32.2. The number of carboxylic acids is 1. The fourth-order valence-electron chi connectivity index (χ4n) is 1.67. The Kier molecular flexibility index (Phi) is 11.6. The topological polar surface area (TPSA) is 78.4 Å². The Morgan fingerprint density at radius 3 is 2.47 bits per heavy atom. The summed E-state index contributed by atoms with van der Waals surface area (Å²) in [5.41, 5.74) is 0. The third-order valence-electron chi connectivity index (χ3n) is 2.81. The number of urea groups is 1. The van der Waals surface area contributed by atoms with Crippen LogP contribution in [0.3, 0.4) is 0 Å². The van der Waals surface area contributed by atoms with Crippen LogP contribution in [0.5, 0.6) is 0 Å². The smallest absolute Gasteiger partial charge is 0.315 e. The number of hydrogen-bond acceptors (Lipinski definition) is 3. The molecule has 0 rings (SSSR count). The number of aliphatic carboxylic acids is 1. The highest BCUT2D eigenvalue weighted by molar-refractivity contribution is 7.98. The van der Waals surface area contributed by atoms with Crippen LogP contribution in [-0.4, -0.2) is 41.7 Å². The summed E-state index contributed by atoms with van der Waals surface area (Å²) < 4.78 is 0. The van der Waals surface area contributed by atoms with Gasteiger partial charge in [-0.2, -0.15) is 11.8 Å². The Hall–Kier alpha value is -0.910. The maximum atomic E-state index is 11.5. The first-order valence-electron chi connectivity index (χ1n) is 6.85. The van der Waals surface area contributed by atoms with Crippen molar-refractivity contribution >= 4 is 23.8 Å². The lowest BCUT2D eigenvalue weighted by atomic mass is 10.1. The quantitative estimate of drug-likeness (QED) is 0.511. The molecule has 0 aromatic carbocycles. The normalized spacial score (nSPS) is 11.9. The second kappa shape index (κ2) is 12.1. The number of nitrogens with one attached hydrogen (secondary N) is 2. The second-order valence-corrected chi connectivity index (χ2v) is 5.50. The fourth-order valence-corrected chi connectivity index (χ4v) is 2.16. The molecule has 5 nitrogen and oxygen atoms in total. The van der Waals surface area contributed by atoms with Gasteiger partial charge in [0.15, 0.2) is 0 Å². The molecule has 0 heterocycles. The summed E-state index contributed by atoms with van der Waals surface area (Å²) in [5, 5.41) is 14.1. The maximum Gasteiger partial charge on any atom is 0.315 e. The van der Waals surface area contributed by atoms with Gasteiger partial charge in [-0.05, 0) is 31.3 Å².